The van der Waals surface area contributed by atoms with Gasteiger partial charge in [-0.15, -0.1) is 0 Å². The number of hydrogen-bond donors (Lipinski definition) is 0. The van der Waals surface area contributed by atoms with E-state index >= 15 is 0 Å². The van der Waals surface area contributed by atoms with Gasteiger partial charge in [0.15, 0.2) is 0 Å². The average Bonchev–Trinajstić information content (AvgIpc) is 2.85. The number of benzene rings is 2. The van der Waals surface area contributed by atoms with Crippen molar-refractivity contribution >= 4 is 11.8 Å². The van der Waals surface area contributed by atoms with Crippen molar-refractivity contribution < 1.29 is 14.3 Å². The number of aromatic nitrogens is 1. The number of piperazine rings is 1. The molecule has 0 radical (unpaired) electrons. The minimum absolute atomic E-state index is 0.202. The Kier molecular flexibility index (Phi) is 7.80. The number of pyridine rings is 1. The van der Waals surface area contributed by atoms with Crippen LogP contribution in [0.4, 0.5) is 5.82 Å². The highest BCUT2D eigenvalue weighted by Gasteiger charge is 2.27. The molecule has 0 aliphatic carbocycles. The van der Waals surface area contributed by atoms with Gasteiger partial charge in [0, 0.05) is 50.0 Å². The summed E-state index contributed by atoms with van der Waals surface area (Å²) in [6, 6.07) is 20.1. The molecule has 0 saturated carbocycles. The smallest absolute Gasteiger partial charge is 0.342 e. The van der Waals surface area contributed by atoms with Crippen molar-refractivity contribution in [1.82, 2.24) is 9.88 Å². The molecule has 178 valence electrons. The third-order valence-corrected chi connectivity index (χ3v) is 5.90. The van der Waals surface area contributed by atoms with Gasteiger partial charge in [0.1, 0.15) is 17.1 Å². The molecule has 34 heavy (non-hydrogen) atoms. The number of esters is 1. The number of hydrogen-bond acceptors (Lipinski definition) is 6. The lowest BCUT2D eigenvalue weighted by molar-refractivity contribution is 0.0379. The monoisotopic (exact) mass is 459 g/mol. The maximum atomic E-state index is 13.2. The van der Waals surface area contributed by atoms with E-state index in [-0.39, 0.29) is 12.1 Å². The van der Waals surface area contributed by atoms with Crippen LogP contribution in [0.5, 0.6) is 5.75 Å². The fraction of sp³-hybridized carbons (Fsp3) is 0.357. The van der Waals surface area contributed by atoms with E-state index in [1.54, 1.807) is 6.20 Å². The van der Waals surface area contributed by atoms with Crippen molar-refractivity contribution in [2.45, 2.75) is 33.4 Å². The first-order valence-electron chi connectivity index (χ1n) is 12.0. The lowest BCUT2D eigenvalue weighted by Gasteiger charge is -2.36. The Balaban J connectivity index is 1.55. The van der Waals surface area contributed by atoms with Gasteiger partial charge in [-0.25, -0.2) is 9.78 Å². The van der Waals surface area contributed by atoms with Gasteiger partial charge in [0.2, 0.25) is 0 Å². The highest BCUT2D eigenvalue weighted by molar-refractivity contribution is 6.02. The Bertz CT molecular complexity index is 1090. The van der Waals surface area contributed by atoms with E-state index in [9.17, 15) is 4.79 Å². The van der Waals surface area contributed by atoms with Gasteiger partial charge >= 0.3 is 5.97 Å². The van der Waals surface area contributed by atoms with Crippen molar-refractivity contribution in [3.63, 3.8) is 0 Å². The molecular formula is C28H33N3O3. The summed E-state index contributed by atoms with van der Waals surface area (Å²) in [6.45, 7) is 10.5. The molecule has 2 aromatic carbocycles. The van der Waals surface area contributed by atoms with Crippen LogP contribution >= 0.6 is 0 Å². The Hall–Kier alpha value is -3.38. The standard InChI is InChI=1S/C28H33N3O3/c1-4-33-25-13-9-8-12-23(25)20-30-16-18-31(19-17-30)27-26(28(32)34-21(2)3)24(14-15-29-27)22-10-6-5-7-11-22/h5-15,21H,4,16-20H2,1-3H3. The van der Waals surface area contributed by atoms with Gasteiger partial charge in [0.05, 0.1) is 12.7 Å². The summed E-state index contributed by atoms with van der Waals surface area (Å²) in [5.41, 5.74) is 3.57. The summed E-state index contributed by atoms with van der Waals surface area (Å²) in [7, 11) is 0. The summed E-state index contributed by atoms with van der Waals surface area (Å²) in [6.07, 6.45) is 1.58. The molecule has 0 N–H and O–H groups in total. The molecule has 3 aromatic rings. The Morgan fingerprint density at radius 1 is 0.971 bits per heavy atom. The lowest BCUT2D eigenvalue weighted by atomic mass is 10.00. The Morgan fingerprint density at radius 2 is 1.68 bits per heavy atom. The summed E-state index contributed by atoms with van der Waals surface area (Å²) in [5, 5.41) is 0. The number of ether oxygens (including phenoxy) is 2. The molecule has 0 unspecified atom stereocenters. The van der Waals surface area contributed by atoms with E-state index in [1.807, 2.05) is 69.3 Å². The van der Waals surface area contributed by atoms with Crippen LogP contribution in [-0.4, -0.2) is 54.7 Å². The second-order valence-electron chi connectivity index (χ2n) is 8.68. The molecule has 0 amide bonds. The number of anilines is 1. The van der Waals surface area contributed by atoms with Crippen molar-refractivity contribution in [3.05, 3.63) is 78.0 Å². The van der Waals surface area contributed by atoms with Crippen LogP contribution < -0.4 is 9.64 Å². The SMILES string of the molecule is CCOc1ccccc1CN1CCN(c2nccc(-c3ccccc3)c2C(=O)OC(C)C)CC1. The maximum absolute atomic E-state index is 13.2. The number of carbonyl (C=O) groups excluding carboxylic acids is 1. The predicted molar refractivity (Wildman–Crippen MR) is 135 cm³/mol. The summed E-state index contributed by atoms with van der Waals surface area (Å²) < 4.78 is 11.4. The van der Waals surface area contributed by atoms with Crippen molar-refractivity contribution in [2.75, 3.05) is 37.7 Å². The van der Waals surface area contributed by atoms with Gasteiger partial charge in [-0.1, -0.05) is 48.5 Å². The van der Waals surface area contributed by atoms with Gasteiger partial charge in [-0.3, -0.25) is 4.90 Å². The first-order valence-corrected chi connectivity index (χ1v) is 12.0. The zero-order chi connectivity index (χ0) is 23.9. The zero-order valence-electron chi connectivity index (χ0n) is 20.2. The maximum Gasteiger partial charge on any atom is 0.342 e. The average molecular weight is 460 g/mol. The normalized spacial score (nSPS) is 14.3. The zero-order valence-corrected chi connectivity index (χ0v) is 20.2. The van der Waals surface area contributed by atoms with Crippen molar-refractivity contribution in [1.29, 1.82) is 0 Å². The first kappa shape index (κ1) is 23.8. The molecule has 2 heterocycles. The molecule has 4 rings (SSSR count). The lowest BCUT2D eigenvalue weighted by Crippen LogP contribution is -2.46. The van der Waals surface area contributed by atoms with Crippen LogP contribution in [0.1, 0.15) is 36.7 Å². The molecule has 0 spiro atoms. The fourth-order valence-electron chi connectivity index (χ4n) is 4.31. The molecule has 0 bridgehead atoms. The van der Waals surface area contributed by atoms with Crippen molar-refractivity contribution in [3.8, 4) is 16.9 Å². The molecule has 1 aromatic heterocycles. The second-order valence-corrected chi connectivity index (χ2v) is 8.68. The molecule has 1 aliphatic rings. The minimum Gasteiger partial charge on any atom is -0.494 e. The van der Waals surface area contributed by atoms with E-state index in [4.69, 9.17) is 9.47 Å². The van der Waals surface area contributed by atoms with Crippen LogP contribution in [0.3, 0.4) is 0 Å². The third kappa shape index (κ3) is 5.57. The van der Waals surface area contributed by atoms with Crippen molar-refractivity contribution in [2.24, 2.45) is 0 Å². The largest absolute Gasteiger partial charge is 0.494 e. The predicted octanol–water partition coefficient (Wildman–Crippen LogP) is 5.03. The fourth-order valence-corrected chi connectivity index (χ4v) is 4.31. The Morgan fingerprint density at radius 3 is 2.38 bits per heavy atom. The summed E-state index contributed by atoms with van der Waals surface area (Å²) in [4.78, 5) is 22.5. The van der Waals surface area contributed by atoms with Gasteiger partial charge in [-0.05, 0) is 38.5 Å². The molecule has 0 atom stereocenters. The molecule has 6 nitrogen and oxygen atoms in total. The van der Waals surface area contributed by atoms with Crippen LogP contribution in [0.2, 0.25) is 0 Å². The van der Waals surface area contributed by atoms with Gasteiger partial charge < -0.3 is 14.4 Å². The summed E-state index contributed by atoms with van der Waals surface area (Å²) >= 11 is 0. The first-order chi connectivity index (χ1) is 16.6. The highest BCUT2D eigenvalue weighted by Crippen LogP contribution is 2.31. The van der Waals surface area contributed by atoms with E-state index in [0.29, 0.717) is 18.0 Å². The van der Waals surface area contributed by atoms with Crippen LogP contribution in [0.15, 0.2) is 66.9 Å². The highest BCUT2D eigenvalue weighted by atomic mass is 16.5. The number of para-hydroxylation sites is 1. The molecule has 1 aliphatic heterocycles. The molecule has 1 saturated heterocycles. The van der Waals surface area contributed by atoms with Crippen LogP contribution in [0.25, 0.3) is 11.1 Å². The van der Waals surface area contributed by atoms with Gasteiger partial charge in [0.25, 0.3) is 0 Å². The third-order valence-electron chi connectivity index (χ3n) is 5.90. The van der Waals surface area contributed by atoms with Gasteiger partial charge in [-0.2, -0.15) is 0 Å². The van der Waals surface area contributed by atoms with E-state index in [1.165, 1.54) is 5.56 Å². The number of rotatable bonds is 8. The van der Waals surface area contributed by atoms with E-state index < -0.39 is 0 Å². The second kappa shape index (κ2) is 11.2. The molecule has 6 heteroatoms. The van der Waals surface area contributed by atoms with Crippen LogP contribution in [-0.2, 0) is 11.3 Å². The number of nitrogens with zero attached hydrogens (tertiary/aromatic N) is 3. The quantitative estimate of drug-likeness (QED) is 0.440. The minimum atomic E-state index is -0.329. The molecule has 1 fully saturated rings. The number of carbonyl (C=O) groups is 1. The summed E-state index contributed by atoms with van der Waals surface area (Å²) in [5.74, 6) is 1.31. The van der Waals surface area contributed by atoms with E-state index in [2.05, 4.69) is 26.9 Å². The Labute approximate surface area is 202 Å². The topological polar surface area (TPSA) is 54.9 Å². The van der Waals surface area contributed by atoms with Crippen LogP contribution in [0, 0.1) is 0 Å². The van der Waals surface area contributed by atoms with E-state index in [0.717, 1.165) is 49.6 Å². The molecular weight excluding hydrogens is 426 g/mol.